The van der Waals surface area contributed by atoms with E-state index in [1.54, 1.807) is 0 Å². The molecule has 0 saturated carbocycles. The average molecular weight is 293 g/mol. The Morgan fingerprint density at radius 3 is 2.20 bits per heavy atom. The van der Waals surface area contributed by atoms with Gasteiger partial charge in [-0.1, -0.05) is 19.3 Å². The lowest BCUT2D eigenvalue weighted by Gasteiger charge is -2.39. The van der Waals surface area contributed by atoms with Crippen LogP contribution in [0.2, 0.25) is 0 Å². The summed E-state index contributed by atoms with van der Waals surface area (Å²) in [5.41, 5.74) is 5.40. The molecule has 1 heterocycles. The number of hydrogen-bond donors (Lipinski definition) is 5. The van der Waals surface area contributed by atoms with E-state index in [4.69, 9.17) is 20.3 Å². The largest absolute Gasteiger partial charge is 0.394 e. The minimum atomic E-state index is -1.38. The van der Waals surface area contributed by atoms with Crippen LogP contribution in [0, 0.1) is 0 Å². The predicted molar refractivity (Wildman–Crippen MR) is 71.9 cm³/mol. The van der Waals surface area contributed by atoms with Crippen LogP contribution in [-0.2, 0) is 9.47 Å². The minimum absolute atomic E-state index is 0.394. The summed E-state index contributed by atoms with van der Waals surface area (Å²) < 4.78 is 10.6. The molecule has 5 unspecified atom stereocenters. The van der Waals surface area contributed by atoms with E-state index >= 15 is 0 Å². The van der Waals surface area contributed by atoms with E-state index in [0.717, 1.165) is 32.1 Å². The summed E-state index contributed by atoms with van der Waals surface area (Å²) in [4.78, 5) is 0. The van der Waals surface area contributed by atoms with E-state index in [0.29, 0.717) is 13.2 Å². The molecule has 0 aliphatic carbocycles. The van der Waals surface area contributed by atoms with Gasteiger partial charge in [0.05, 0.1) is 6.61 Å². The van der Waals surface area contributed by atoms with Crippen LogP contribution in [0.3, 0.4) is 0 Å². The zero-order valence-electron chi connectivity index (χ0n) is 11.7. The first-order valence-electron chi connectivity index (χ1n) is 7.24. The van der Waals surface area contributed by atoms with Gasteiger partial charge in [-0.15, -0.1) is 0 Å². The Morgan fingerprint density at radius 2 is 1.55 bits per heavy atom. The smallest absolute Gasteiger partial charge is 0.186 e. The van der Waals surface area contributed by atoms with Crippen LogP contribution in [0.25, 0.3) is 0 Å². The molecular weight excluding hydrogens is 266 g/mol. The topological polar surface area (TPSA) is 125 Å². The molecule has 7 heteroatoms. The molecule has 7 nitrogen and oxygen atoms in total. The van der Waals surface area contributed by atoms with Crippen molar-refractivity contribution >= 4 is 0 Å². The van der Waals surface area contributed by atoms with Crippen LogP contribution in [0.4, 0.5) is 0 Å². The molecule has 0 radical (unpaired) electrons. The van der Waals surface area contributed by atoms with Crippen molar-refractivity contribution in [3.8, 4) is 0 Å². The highest BCUT2D eigenvalue weighted by Gasteiger charge is 2.43. The van der Waals surface area contributed by atoms with Crippen molar-refractivity contribution in [1.82, 2.24) is 0 Å². The van der Waals surface area contributed by atoms with Crippen molar-refractivity contribution in [1.29, 1.82) is 0 Å². The van der Waals surface area contributed by atoms with Gasteiger partial charge in [0.1, 0.15) is 24.4 Å². The Balaban J connectivity index is 2.21. The van der Waals surface area contributed by atoms with Crippen molar-refractivity contribution in [3.05, 3.63) is 0 Å². The van der Waals surface area contributed by atoms with Crippen molar-refractivity contribution in [2.75, 3.05) is 19.8 Å². The fourth-order valence-electron chi connectivity index (χ4n) is 2.18. The van der Waals surface area contributed by atoms with Gasteiger partial charge in [-0.3, -0.25) is 0 Å². The van der Waals surface area contributed by atoms with Crippen LogP contribution >= 0.6 is 0 Å². The average Bonchev–Trinajstić information content (AvgIpc) is 2.46. The molecule has 1 aliphatic heterocycles. The van der Waals surface area contributed by atoms with E-state index in [-0.39, 0.29) is 0 Å². The Morgan fingerprint density at radius 1 is 0.900 bits per heavy atom. The van der Waals surface area contributed by atoms with E-state index in [2.05, 4.69) is 0 Å². The normalized spacial score (nSPS) is 34.4. The lowest BCUT2D eigenvalue weighted by Crippen LogP contribution is -2.59. The Hall–Kier alpha value is -0.280. The zero-order valence-corrected chi connectivity index (χ0v) is 11.7. The zero-order chi connectivity index (χ0) is 15.0. The molecule has 0 amide bonds. The lowest BCUT2D eigenvalue weighted by atomic mass is 9.99. The van der Waals surface area contributed by atoms with Crippen molar-refractivity contribution < 1.29 is 29.9 Å². The molecule has 1 aliphatic rings. The number of ether oxygens (including phenoxy) is 2. The summed E-state index contributed by atoms with van der Waals surface area (Å²) in [6, 6.07) is 0. The highest BCUT2D eigenvalue weighted by molar-refractivity contribution is 4.88. The van der Waals surface area contributed by atoms with Gasteiger partial charge in [0.2, 0.25) is 0 Å². The maximum absolute atomic E-state index is 9.74. The summed E-state index contributed by atoms with van der Waals surface area (Å²) in [6.07, 6.45) is -0.958. The van der Waals surface area contributed by atoms with Gasteiger partial charge in [0, 0.05) is 6.61 Å². The first-order chi connectivity index (χ1) is 9.61. The molecule has 5 atom stereocenters. The summed E-state index contributed by atoms with van der Waals surface area (Å²) in [5.74, 6) is 0. The predicted octanol–water partition coefficient (Wildman–Crippen LogP) is -1.29. The van der Waals surface area contributed by atoms with Gasteiger partial charge in [0.15, 0.2) is 6.29 Å². The molecule has 0 aromatic carbocycles. The van der Waals surface area contributed by atoms with Crippen LogP contribution in [0.5, 0.6) is 0 Å². The summed E-state index contributed by atoms with van der Waals surface area (Å²) in [7, 11) is 0. The van der Waals surface area contributed by atoms with Crippen LogP contribution in [-0.4, -0.2) is 70.9 Å². The number of unbranched alkanes of at least 4 members (excludes halogenated alkanes) is 4. The third-order valence-electron chi connectivity index (χ3n) is 3.48. The van der Waals surface area contributed by atoms with Gasteiger partial charge in [0.25, 0.3) is 0 Å². The number of nitrogens with two attached hydrogens (primary N) is 1. The number of aliphatic hydroxyl groups is 4. The SMILES string of the molecule is NCCCCCCCOC1OC(CO)C(O)C(O)C1O. The van der Waals surface area contributed by atoms with Crippen LogP contribution < -0.4 is 5.73 Å². The summed E-state index contributed by atoms with van der Waals surface area (Å²) >= 11 is 0. The molecular formula is C13H27NO6. The fraction of sp³-hybridized carbons (Fsp3) is 1.00. The molecule has 0 aromatic heterocycles. The number of rotatable bonds is 9. The van der Waals surface area contributed by atoms with Crippen molar-refractivity contribution in [2.24, 2.45) is 5.73 Å². The molecule has 1 fully saturated rings. The van der Waals surface area contributed by atoms with E-state index in [1.807, 2.05) is 0 Å². The quantitative estimate of drug-likeness (QED) is 0.335. The van der Waals surface area contributed by atoms with Gasteiger partial charge in [-0.05, 0) is 19.4 Å². The first kappa shape index (κ1) is 17.8. The molecule has 1 rings (SSSR count). The Kier molecular flexibility index (Phi) is 8.55. The Labute approximate surface area is 119 Å². The third-order valence-corrected chi connectivity index (χ3v) is 3.48. The highest BCUT2D eigenvalue weighted by Crippen LogP contribution is 2.22. The molecule has 120 valence electrons. The maximum atomic E-state index is 9.74. The number of hydrogen-bond acceptors (Lipinski definition) is 7. The van der Waals surface area contributed by atoms with Gasteiger partial charge >= 0.3 is 0 Å². The van der Waals surface area contributed by atoms with Crippen LogP contribution in [0.15, 0.2) is 0 Å². The molecule has 1 saturated heterocycles. The van der Waals surface area contributed by atoms with Gasteiger partial charge < -0.3 is 35.6 Å². The highest BCUT2D eigenvalue weighted by atomic mass is 16.7. The first-order valence-corrected chi connectivity index (χ1v) is 7.24. The molecule has 0 bridgehead atoms. The molecule has 6 N–H and O–H groups in total. The maximum Gasteiger partial charge on any atom is 0.186 e. The van der Waals surface area contributed by atoms with E-state index in [1.165, 1.54) is 0 Å². The molecule has 0 spiro atoms. The standard InChI is InChI=1S/C13H27NO6/c14-6-4-2-1-3-5-7-19-13-12(18)11(17)10(16)9(8-15)20-13/h9-13,15-18H,1-8,14H2. The van der Waals surface area contributed by atoms with Gasteiger partial charge in [-0.2, -0.15) is 0 Å². The monoisotopic (exact) mass is 293 g/mol. The molecule has 20 heavy (non-hydrogen) atoms. The van der Waals surface area contributed by atoms with Crippen LogP contribution in [0.1, 0.15) is 32.1 Å². The number of aliphatic hydroxyl groups excluding tert-OH is 4. The van der Waals surface area contributed by atoms with E-state index in [9.17, 15) is 15.3 Å². The summed E-state index contributed by atoms with van der Waals surface area (Å²) in [6.45, 7) is 0.663. The third kappa shape index (κ3) is 5.25. The lowest BCUT2D eigenvalue weighted by molar-refractivity contribution is -0.301. The second-order valence-corrected chi connectivity index (χ2v) is 5.12. The Bertz CT molecular complexity index is 253. The second-order valence-electron chi connectivity index (χ2n) is 5.12. The van der Waals surface area contributed by atoms with Gasteiger partial charge in [-0.25, -0.2) is 0 Å². The van der Waals surface area contributed by atoms with E-state index < -0.39 is 37.3 Å². The van der Waals surface area contributed by atoms with Crippen molar-refractivity contribution in [3.63, 3.8) is 0 Å². The molecule has 0 aromatic rings. The minimum Gasteiger partial charge on any atom is -0.394 e. The van der Waals surface area contributed by atoms with Crippen molar-refractivity contribution in [2.45, 2.75) is 62.8 Å². The fourth-order valence-corrected chi connectivity index (χ4v) is 2.18. The second kappa shape index (κ2) is 9.62. The summed E-state index contributed by atoms with van der Waals surface area (Å²) in [5, 5.41) is 38.0.